The maximum atomic E-state index is 4.60. The van der Waals surface area contributed by atoms with Gasteiger partial charge in [0.15, 0.2) is 0 Å². The van der Waals surface area contributed by atoms with Gasteiger partial charge in [0.05, 0.1) is 0 Å². The van der Waals surface area contributed by atoms with E-state index < -0.39 is 0 Å². The summed E-state index contributed by atoms with van der Waals surface area (Å²) in [6.07, 6.45) is 10.1. The predicted octanol–water partition coefficient (Wildman–Crippen LogP) is 4.89. The van der Waals surface area contributed by atoms with Gasteiger partial charge in [0.25, 0.3) is 0 Å². The van der Waals surface area contributed by atoms with E-state index in [9.17, 15) is 0 Å². The summed E-state index contributed by atoms with van der Waals surface area (Å²) in [5.41, 5.74) is 0. The van der Waals surface area contributed by atoms with Crippen molar-refractivity contribution in [3.63, 3.8) is 0 Å². The van der Waals surface area contributed by atoms with Crippen LogP contribution in [0.15, 0.2) is 0 Å². The molecule has 0 fully saturated rings. The van der Waals surface area contributed by atoms with E-state index in [0.29, 0.717) is 0 Å². The first kappa shape index (κ1) is 18.4. The Morgan fingerprint density at radius 2 is 1.62 bits per heavy atom. The van der Waals surface area contributed by atoms with Crippen molar-refractivity contribution in [1.82, 2.24) is 0 Å². The van der Waals surface area contributed by atoms with E-state index in [0.717, 1.165) is 5.92 Å². The Balaban J connectivity index is -0.000000169. The van der Waals surface area contributed by atoms with Crippen LogP contribution in [0.1, 0.15) is 67.2 Å². The van der Waals surface area contributed by atoms with Crippen molar-refractivity contribution in [3.8, 4) is 12.3 Å². The van der Waals surface area contributed by atoms with Crippen molar-refractivity contribution in [2.24, 2.45) is 5.92 Å². The zero-order chi connectivity index (χ0) is 11.1. The minimum Gasteiger partial charge on any atom is -0.120 e. The second-order valence-corrected chi connectivity index (χ2v) is 2.94. The molecule has 0 radical (unpaired) electrons. The van der Waals surface area contributed by atoms with Crippen molar-refractivity contribution in [3.05, 3.63) is 0 Å². The van der Waals surface area contributed by atoms with E-state index in [-0.39, 0.29) is 0 Å². The van der Waals surface area contributed by atoms with Crippen molar-refractivity contribution < 1.29 is 0 Å². The quantitative estimate of drug-likeness (QED) is 0.546. The highest BCUT2D eigenvalue weighted by Gasteiger charge is 1.94. The van der Waals surface area contributed by atoms with Crippen LogP contribution in [0, 0.1) is 18.3 Å². The Kier molecular flexibility index (Phi) is 31.9. The molecule has 13 heavy (non-hydrogen) atoms. The number of rotatable bonds is 4. The molecule has 0 nitrogen and oxygen atoms in total. The van der Waals surface area contributed by atoms with E-state index in [2.05, 4.69) is 33.1 Å². The summed E-state index contributed by atoms with van der Waals surface area (Å²) in [5, 5.41) is 0. The Morgan fingerprint density at radius 3 is 1.85 bits per heavy atom. The molecule has 0 aliphatic carbocycles. The van der Waals surface area contributed by atoms with Gasteiger partial charge in [0.2, 0.25) is 0 Å². The summed E-state index contributed by atoms with van der Waals surface area (Å²) < 4.78 is 0. The van der Waals surface area contributed by atoms with E-state index in [1.165, 1.54) is 25.7 Å². The largest absolute Gasteiger partial charge is 0.120 e. The molecule has 0 rings (SSSR count). The normalized spacial score (nSPS) is 9.62. The molecule has 0 saturated heterocycles. The third-order valence-corrected chi connectivity index (χ3v) is 1.75. The summed E-state index contributed by atoms with van der Waals surface area (Å²) in [7, 11) is 0. The maximum Gasteiger partial charge on any atom is -0.00297 e. The fraction of sp³-hybridized carbons (Fsp3) is 0.846. The molecule has 1 unspecified atom stereocenters. The van der Waals surface area contributed by atoms with E-state index in [4.69, 9.17) is 0 Å². The van der Waals surface area contributed by atoms with Gasteiger partial charge in [-0.1, -0.05) is 60.3 Å². The number of unbranched alkanes of at least 4 members (excludes halogenated alkanes) is 1. The number of hydrogen-bond donors (Lipinski definition) is 0. The van der Waals surface area contributed by atoms with Crippen LogP contribution in [0.2, 0.25) is 0 Å². The summed E-state index contributed by atoms with van der Waals surface area (Å²) in [6.45, 7) is 12.5. The molecule has 0 heteroatoms. The highest BCUT2D eigenvalue weighted by Crippen LogP contribution is 2.09. The Hall–Kier alpha value is -0.440. The molecule has 0 aliphatic rings. The first-order chi connectivity index (χ1) is 6.22. The third kappa shape index (κ3) is 34.2. The first-order valence-electron chi connectivity index (χ1n) is 5.60. The summed E-state index contributed by atoms with van der Waals surface area (Å²) >= 11 is 0. The SMILES string of the molecule is C#CC.CC.CCCCC(C)CC. The molecule has 0 bridgehead atoms. The molecule has 80 valence electrons. The van der Waals surface area contributed by atoms with Gasteiger partial charge in [-0.25, -0.2) is 0 Å². The Labute approximate surface area is 86.1 Å². The molecule has 0 saturated carbocycles. The van der Waals surface area contributed by atoms with Crippen LogP contribution in [-0.2, 0) is 0 Å². The smallest absolute Gasteiger partial charge is 0.00297 e. The minimum atomic E-state index is 0.954. The zero-order valence-corrected chi connectivity index (χ0v) is 10.5. The molecule has 0 spiro atoms. The van der Waals surface area contributed by atoms with Gasteiger partial charge in [-0.05, 0) is 12.8 Å². The minimum absolute atomic E-state index is 0.954. The van der Waals surface area contributed by atoms with Gasteiger partial charge in [-0.2, -0.15) is 0 Å². The van der Waals surface area contributed by atoms with Gasteiger partial charge in [0, 0.05) is 0 Å². The first-order valence-corrected chi connectivity index (χ1v) is 5.60. The zero-order valence-electron chi connectivity index (χ0n) is 10.5. The Bertz CT molecular complexity index is 86.7. The highest BCUT2D eigenvalue weighted by atomic mass is 14.0. The molecule has 0 aromatic heterocycles. The average molecular weight is 184 g/mol. The second kappa shape index (κ2) is 22.6. The van der Waals surface area contributed by atoms with Gasteiger partial charge in [-0.3, -0.25) is 0 Å². The van der Waals surface area contributed by atoms with Crippen LogP contribution < -0.4 is 0 Å². The van der Waals surface area contributed by atoms with Gasteiger partial charge in [0.1, 0.15) is 0 Å². The van der Waals surface area contributed by atoms with Crippen LogP contribution in [0.25, 0.3) is 0 Å². The summed E-state index contributed by atoms with van der Waals surface area (Å²) in [5.74, 6) is 3.20. The van der Waals surface area contributed by atoms with E-state index in [1.807, 2.05) is 13.8 Å². The topological polar surface area (TPSA) is 0 Å². The average Bonchev–Trinajstić information content (AvgIpc) is 2.18. The van der Waals surface area contributed by atoms with Crippen molar-refractivity contribution in [2.75, 3.05) is 0 Å². The maximum absolute atomic E-state index is 4.60. The lowest BCUT2D eigenvalue weighted by Crippen LogP contribution is -1.89. The van der Waals surface area contributed by atoms with E-state index >= 15 is 0 Å². The lowest BCUT2D eigenvalue weighted by atomic mass is 10.0. The summed E-state index contributed by atoms with van der Waals surface area (Å²) in [4.78, 5) is 0. The second-order valence-electron chi connectivity index (χ2n) is 2.94. The van der Waals surface area contributed by atoms with E-state index in [1.54, 1.807) is 6.92 Å². The number of terminal acetylenes is 1. The molecular weight excluding hydrogens is 156 g/mol. The fourth-order valence-electron chi connectivity index (χ4n) is 0.757. The molecule has 0 amide bonds. The molecule has 0 aromatic carbocycles. The molecular formula is C13H28. The van der Waals surface area contributed by atoms with Crippen molar-refractivity contribution in [2.45, 2.75) is 67.2 Å². The van der Waals surface area contributed by atoms with Crippen molar-refractivity contribution >= 4 is 0 Å². The molecule has 1 atom stereocenters. The predicted molar refractivity (Wildman–Crippen MR) is 64.8 cm³/mol. The monoisotopic (exact) mass is 184 g/mol. The Morgan fingerprint density at radius 1 is 1.23 bits per heavy atom. The van der Waals surface area contributed by atoms with Crippen LogP contribution in [0.3, 0.4) is 0 Å². The van der Waals surface area contributed by atoms with Gasteiger partial charge >= 0.3 is 0 Å². The molecule has 0 heterocycles. The number of hydrogen-bond acceptors (Lipinski definition) is 0. The van der Waals surface area contributed by atoms with Crippen LogP contribution in [0.4, 0.5) is 0 Å². The molecule has 0 aliphatic heterocycles. The fourth-order valence-corrected chi connectivity index (χ4v) is 0.757. The standard InChI is InChI=1S/C8H18.C3H4.C2H6/c1-4-6-7-8(3)5-2;1-3-2;1-2/h8H,4-7H2,1-3H3;1H,2H3;1-2H3. The van der Waals surface area contributed by atoms with Crippen LogP contribution in [-0.4, -0.2) is 0 Å². The summed E-state index contributed by atoms with van der Waals surface area (Å²) in [6, 6.07) is 0. The van der Waals surface area contributed by atoms with Gasteiger partial charge in [-0.15, -0.1) is 12.3 Å². The molecule has 0 N–H and O–H groups in total. The van der Waals surface area contributed by atoms with Crippen LogP contribution >= 0.6 is 0 Å². The van der Waals surface area contributed by atoms with Gasteiger partial charge < -0.3 is 0 Å². The lowest BCUT2D eigenvalue weighted by molar-refractivity contribution is 0.492. The highest BCUT2D eigenvalue weighted by molar-refractivity contribution is 4.73. The van der Waals surface area contributed by atoms with Crippen molar-refractivity contribution in [1.29, 1.82) is 0 Å². The third-order valence-electron chi connectivity index (χ3n) is 1.75. The lowest BCUT2D eigenvalue weighted by Gasteiger charge is -2.04. The van der Waals surface area contributed by atoms with Crippen LogP contribution in [0.5, 0.6) is 0 Å². The molecule has 0 aromatic rings.